The molecule has 34 heavy (non-hydrogen) atoms. The van der Waals surface area contributed by atoms with Crippen molar-refractivity contribution in [1.82, 2.24) is 20.0 Å². The van der Waals surface area contributed by atoms with Crippen molar-refractivity contribution in [1.29, 1.82) is 0 Å². The summed E-state index contributed by atoms with van der Waals surface area (Å²) in [6, 6.07) is 14.5. The number of hydrogen-bond acceptors (Lipinski definition) is 5. The minimum absolute atomic E-state index is 0.128. The van der Waals surface area contributed by atoms with Gasteiger partial charge in [0.1, 0.15) is 0 Å². The molecule has 2 N–H and O–H groups in total. The first-order valence-corrected chi connectivity index (χ1v) is 10.3. The van der Waals surface area contributed by atoms with E-state index in [1.807, 2.05) is 26.8 Å². The van der Waals surface area contributed by atoms with Crippen LogP contribution >= 0.6 is 0 Å². The average molecular weight is 466 g/mol. The van der Waals surface area contributed by atoms with Crippen LogP contribution in [-0.4, -0.2) is 25.9 Å². The number of rotatable bonds is 5. The number of amides is 1. The van der Waals surface area contributed by atoms with Crippen molar-refractivity contribution < 1.29 is 18.0 Å². The third-order valence-corrected chi connectivity index (χ3v) is 5.41. The molecule has 0 spiro atoms. The number of carbonyl (C=O) groups excluding carboxylic acids is 1. The van der Waals surface area contributed by atoms with E-state index in [-0.39, 0.29) is 5.56 Å². The van der Waals surface area contributed by atoms with Gasteiger partial charge in [-0.2, -0.15) is 18.3 Å². The first-order chi connectivity index (χ1) is 16.1. The number of hydrogen-bond donors (Lipinski definition) is 2. The molecule has 1 amide bonds. The molecular formula is C24H21F3N6O. The summed E-state index contributed by atoms with van der Waals surface area (Å²) in [6.07, 6.45) is -4.45. The second kappa shape index (κ2) is 8.97. The van der Waals surface area contributed by atoms with Crippen LogP contribution in [0.25, 0.3) is 5.82 Å². The number of aryl methyl sites for hydroxylation is 1. The van der Waals surface area contributed by atoms with E-state index in [2.05, 4.69) is 25.9 Å². The van der Waals surface area contributed by atoms with Gasteiger partial charge in [0.15, 0.2) is 11.6 Å². The SMILES string of the molecule is Cc1nn(-c2ccc(Nc3ccc(NC(=O)c4ccc(C(F)(F)F)cc4)cc3)nn2)c(C)c1C. The quantitative estimate of drug-likeness (QED) is 0.400. The van der Waals surface area contributed by atoms with Crippen LogP contribution < -0.4 is 10.6 Å². The normalized spacial score (nSPS) is 11.4. The highest BCUT2D eigenvalue weighted by atomic mass is 19.4. The Balaban J connectivity index is 1.39. The third-order valence-electron chi connectivity index (χ3n) is 5.41. The molecule has 4 rings (SSSR count). The minimum atomic E-state index is -4.45. The van der Waals surface area contributed by atoms with E-state index in [1.165, 1.54) is 0 Å². The Morgan fingerprint density at radius 3 is 2.03 bits per heavy atom. The predicted octanol–water partition coefficient (Wildman–Crippen LogP) is 5.60. The van der Waals surface area contributed by atoms with E-state index >= 15 is 0 Å². The molecule has 0 saturated carbocycles. The average Bonchev–Trinajstić information content (AvgIpc) is 3.07. The van der Waals surface area contributed by atoms with Crippen molar-refractivity contribution in [2.75, 3.05) is 10.6 Å². The molecule has 4 aromatic rings. The summed E-state index contributed by atoms with van der Waals surface area (Å²) in [5, 5.41) is 18.7. The highest BCUT2D eigenvalue weighted by molar-refractivity contribution is 6.04. The molecule has 7 nitrogen and oxygen atoms in total. The molecule has 0 atom stereocenters. The summed E-state index contributed by atoms with van der Waals surface area (Å²) in [4.78, 5) is 12.3. The number of halogens is 3. The van der Waals surface area contributed by atoms with Crippen LogP contribution in [0.4, 0.5) is 30.4 Å². The first-order valence-electron chi connectivity index (χ1n) is 10.3. The molecule has 0 aliphatic heterocycles. The van der Waals surface area contributed by atoms with E-state index in [1.54, 1.807) is 35.0 Å². The molecule has 174 valence electrons. The van der Waals surface area contributed by atoms with Gasteiger partial charge in [-0.15, -0.1) is 10.2 Å². The van der Waals surface area contributed by atoms with Gasteiger partial charge < -0.3 is 10.6 Å². The highest BCUT2D eigenvalue weighted by Gasteiger charge is 2.30. The van der Waals surface area contributed by atoms with Crippen LogP contribution in [0.15, 0.2) is 60.7 Å². The lowest BCUT2D eigenvalue weighted by Crippen LogP contribution is -2.12. The van der Waals surface area contributed by atoms with Gasteiger partial charge >= 0.3 is 6.18 Å². The van der Waals surface area contributed by atoms with Gasteiger partial charge in [-0.25, -0.2) is 4.68 Å². The first kappa shape index (κ1) is 23.0. The van der Waals surface area contributed by atoms with Gasteiger partial charge in [0.25, 0.3) is 5.91 Å². The number of alkyl halides is 3. The van der Waals surface area contributed by atoms with E-state index in [0.717, 1.165) is 46.9 Å². The Kier molecular flexibility index (Phi) is 6.06. The number of nitrogens with one attached hydrogen (secondary N) is 2. The molecule has 0 bridgehead atoms. The lowest BCUT2D eigenvalue weighted by atomic mass is 10.1. The molecule has 0 aliphatic carbocycles. The van der Waals surface area contributed by atoms with Gasteiger partial charge in [0, 0.05) is 22.6 Å². The van der Waals surface area contributed by atoms with Crippen molar-refractivity contribution in [3.05, 3.63) is 88.7 Å². The molecule has 2 heterocycles. The summed E-state index contributed by atoms with van der Waals surface area (Å²) in [5.74, 6) is 0.638. The zero-order chi connectivity index (χ0) is 24.5. The third kappa shape index (κ3) is 4.90. The van der Waals surface area contributed by atoms with Crippen molar-refractivity contribution in [2.45, 2.75) is 26.9 Å². The lowest BCUT2D eigenvalue weighted by molar-refractivity contribution is -0.137. The number of carbonyl (C=O) groups is 1. The number of anilines is 3. The molecule has 0 saturated heterocycles. The van der Waals surface area contributed by atoms with Gasteiger partial charge in [-0.05, 0) is 87.0 Å². The molecule has 0 fully saturated rings. The fourth-order valence-electron chi connectivity index (χ4n) is 3.25. The molecule has 10 heteroatoms. The molecule has 2 aromatic heterocycles. The van der Waals surface area contributed by atoms with Crippen LogP contribution in [0.3, 0.4) is 0 Å². The summed E-state index contributed by atoms with van der Waals surface area (Å²) in [5.41, 5.74) is 3.58. The Morgan fingerprint density at radius 2 is 1.50 bits per heavy atom. The number of benzene rings is 2. The van der Waals surface area contributed by atoms with Crippen LogP contribution in [0, 0.1) is 20.8 Å². The maximum Gasteiger partial charge on any atom is 0.416 e. The van der Waals surface area contributed by atoms with Crippen LogP contribution in [0.2, 0.25) is 0 Å². The highest BCUT2D eigenvalue weighted by Crippen LogP contribution is 2.29. The largest absolute Gasteiger partial charge is 0.416 e. The van der Waals surface area contributed by atoms with E-state index in [0.29, 0.717) is 17.3 Å². The maximum atomic E-state index is 12.7. The van der Waals surface area contributed by atoms with Gasteiger partial charge in [0.2, 0.25) is 0 Å². The summed E-state index contributed by atoms with van der Waals surface area (Å²) >= 11 is 0. The van der Waals surface area contributed by atoms with E-state index in [4.69, 9.17) is 0 Å². The second-order valence-electron chi connectivity index (χ2n) is 7.72. The summed E-state index contributed by atoms with van der Waals surface area (Å²) < 4.78 is 39.8. The molecule has 0 unspecified atom stereocenters. The zero-order valence-electron chi connectivity index (χ0n) is 18.6. The molecule has 0 radical (unpaired) electrons. The lowest BCUT2D eigenvalue weighted by Gasteiger charge is -2.10. The summed E-state index contributed by atoms with van der Waals surface area (Å²) in [6.45, 7) is 5.92. The van der Waals surface area contributed by atoms with Gasteiger partial charge in [-0.3, -0.25) is 4.79 Å². The van der Waals surface area contributed by atoms with E-state index < -0.39 is 17.6 Å². The Labute approximate surface area is 193 Å². The van der Waals surface area contributed by atoms with E-state index in [9.17, 15) is 18.0 Å². The van der Waals surface area contributed by atoms with Crippen LogP contribution in [0.1, 0.15) is 32.9 Å². The maximum absolute atomic E-state index is 12.7. The molecular weight excluding hydrogens is 445 g/mol. The molecule has 2 aromatic carbocycles. The number of aromatic nitrogens is 4. The minimum Gasteiger partial charge on any atom is -0.339 e. The number of nitrogens with zero attached hydrogens (tertiary/aromatic N) is 4. The van der Waals surface area contributed by atoms with Crippen LogP contribution in [0.5, 0.6) is 0 Å². The van der Waals surface area contributed by atoms with Crippen LogP contribution in [-0.2, 0) is 6.18 Å². The Morgan fingerprint density at radius 1 is 0.853 bits per heavy atom. The Bertz CT molecular complexity index is 1310. The monoisotopic (exact) mass is 466 g/mol. The van der Waals surface area contributed by atoms with Crippen molar-refractivity contribution in [3.8, 4) is 5.82 Å². The fraction of sp³-hybridized carbons (Fsp3) is 0.167. The zero-order valence-corrected chi connectivity index (χ0v) is 18.6. The second-order valence-corrected chi connectivity index (χ2v) is 7.72. The smallest absolute Gasteiger partial charge is 0.339 e. The molecule has 0 aliphatic rings. The van der Waals surface area contributed by atoms with Crippen molar-refractivity contribution >= 4 is 23.1 Å². The Hall–Kier alpha value is -4.21. The fourth-order valence-corrected chi connectivity index (χ4v) is 3.25. The van der Waals surface area contributed by atoms with Gasteiger partial charge in [-0.1, -0.05) is 0 Å². The summed E-state index contributed by atoms with van der Waals surface area (Å²) in [7, 11) is 0. The standard InChI is InChI=1S/C24H21F3N6O/c1-14-15(2)32-33(16(14)3)22-13-12-21(30-31-22)28-19-8-10-20(11-9-19)29-23(34)17-4-6-18(7-5-17)24(25,26)27/h4-13H,1-3H3,(H,28,30)(H,29,34). The van der Waals surface area contributed by atoms with Crippen molar-refractivity contribution in [2.24, 2.45) is 0 Å². The topological polar surface area (TPSA) is 84.7 Å². The van der Waals surface area contributed by atoms with Crippen molar-refractivity contribution in [3.63, 3.8) is 0 Å². The van der Waals surface area contributed by atoms with Gasteiger partial charge in [0.05, 0.1) is 11.3 Å². The predicted molar refractivity (Wildman–Crippen MR) is 122 cm³/mol.